The van der Waals surface area contributed by atoms with Gasteiger partial charge in [-0.2, -0.15) is 0 Å². The maximum Gasteiger partial charge on any atom is 0.332 e. The number of hydrogen-bond acceptors (Lipinski definition) is 6. The molecule has 1 unspecified atom stereocenters. The zero-order valence-electron chi connectivity index (χ0n) is 24.3. The van der Waals surface area contributed by atoms with E-state index in [1.54, 1.807) is 7.11 Å². The van der Waals surface area contributed by atoms with Gasteiger partial charge in [-0.15, -0.1) is 0 Å². The van der Waals surface area contributed by atoms with Crippen LogP contribution in [0.3, 0.4) is 0 Å². The fourth-order valence-electron chi connectivity index (χ4n) is 9.59. The van der Waals surface area contributed by atoms with Crippen molar-refractivity contribution in [2.75, 3.05) is 40.1 Å². The van der Waals surface area contributed by atoms with Crippen LogP contribution < -0.4 is 0 Å². The average molecular weight is 537 g/mol. The summed E-state index contributed by atoms with van der Waals surface area (Å²) >= 11 is 0. The number of ether oxygens (including phenoxy) is 4. The van der Waals surface area contributed by atoms with Crippen LogP contribution in [-0.4, -0.2) is 63.3 Å². The highest BCUT2D eigenvalue weighted by molar-refractivity contribution is 5.70. The van der Waals surface area contributed by atoms with Gasteiger partial charge in [-0.05, 0) is 111 Å². The van der Waals surface area contributed by atoms with Crippen LogP contribution in [0.2, 0.25) is 0 Å². The lowest BCUT2D eigenvalue weighted by atomic mass is 9.44. The predicted molar refractivity (Wildman–Crippen MR) is 145 cm³/mol. The monoisotopic (exact) mass is 536 g/mol. The highest BCUT2D eigenvalue weighted by atomic mass is 16.6. The number of hydrogen-bond donors (Lipinski definition) is 1. The molecule has 0 amide bonds. The highest BCUT2D eigenvalue weighted by Crippen LogP contribution is 2.68. The molecule has 0 aromatic rings. The SMILES string of the molecule is COCCOCCOCC(=O)O[C@H]1CC[C@@]2(C)[C@H](CCC3[C@@H]2CC[C@]2(C)[C@@H]([C@H](C)CCC(=O)O)CC[C@@H]32)C1. The molecule has 38 heavy (non-hydrogen) atoms. The summed E-state index contributed by atoms with van der Waals surface area (Å²) in [6.07, 6.45) is 11.9. The van der Waals surface area contributed by atoms with Gasteiger partial charge in [0, 0.05) is 13.5 Å². The third kappa shape index (κ3) is 6.41. The first-order valence-corrected chi connectivity index (χ1v) is 15.2. The summed E-state index contributed by atoms with van der Waals surface area (Å²) in [4.78, 5) is 23.6. The Hall–Kier alpha value is -1.18. The van der Waals surface area contributed by atoms with Gasteiger partial charge in [0.25, 0.3) is 0 Å². The van der Waals surface area contributed by atoms with Gasteiger partial charge < -0.3 is 24.1 Å². The quantitative estimate of drug-likeness (QED) is 0.237. The van der Waals surface area contributed by atoms with E-state index in [1.807, 2.05) is 0 Å². The van der Waals surface area contributed by atoms with Crippen LogP contribution in [0.1, 0.15) is 91.4 Å². The van der Waals surface area contributed by atoms with Crippen molar-refractivity contribution in [1.82, 2.24) is 0 Å². The minimum absolute atomic E-state index is 0.0108. The number of methoxy groups -OCH3 is 1. The minimum atomic E-state index is -0.663. The Balaban J connectivity index is 1.27. The van der Waals surface area contributed by atoms with E-state index in [0.29, 0.717) is 61.4 Å². The van der Waals surface area contributed by atoms with Crippen molar-refractivity contribution in [3.05, 3.63) is 0 Å². The molecule has 4 saturated carbocycles. The fraction of sp³-hybridized carbons (Fsp3) is 0.935. The first kappa shape index (κ1) is 29.8. The standard InChI is InChI=1S/C31H52O7/c1-21(5-10-28(32)33)25-8-9-26-24-7-6-22-19-23(38-29(34)20-37-18-17-36-16-15-35-4)11-13-30(22,2)27(24)12-14-31(25,26)3/h21-27H,5-20H2,1-4H3,(H,32,33)/t21-,22-,23+,24?,25-,26+,27+,30+,31-/m1/s1. The van der Waals surface area contributed by atoms with E-state index in [4.69, 9.17) is 18.9 Å². The van der Waals surface area contributed by atoms with E-state index >= 15 is 0 Å². The van der Waals surface area contributed by atoms with Crippen LogP contribution in [-0.2, 0) is 28.5 Å². The molecule has 9 atom stereocenters. The summed E-state index contributed by atoms with van der Waals surface area (Å²) < 4.78 is 21.6. The summed E-state index contributed by atoms with van der Waals surface area (Å²) in [7, 11) is 1.64. The third-order valence-corrected chi connectivity index (χ3v) is 11.5. The van der Waals surface area contributed by atoms with Crippen LogP contribution in [0, 0.1) is 46.3 Å². The van der Waals surface area contributed by atoms with Crippen molar-refractivity contribution >= 4 is 11.9 Å². The first-order valence-electron chi connectivity index (χ1n) is 15.2. The number of carboxylic acid groups (broad SMARTS) is 1. The summed E-state index contributed by atoms with van der Waals surface area (Å²) in [6.45, 7) is 9.29. The zero-order chi connectivity index (χ0) is 27.3. The van der Waals surface area contributed by atoms with Crippen molar-refractivity contribution in [2.24, 2.45) is 46.3 Å². The predicted octanol–water partition coefficient (Wildman–Crippen LogP) is 5.74. The molecule has 0 spiro atoms. The third-order valence-electron chi connectivity index (χ3n) is 11.5. The second-order valence-corrected chi connectivity index (χ2v) is 13.3. The van der Waals surface area contributed by atoms with Crippen LogP contribution in [0.5, 0.6) is 0 Å². The van der Waals surface area contributed by atoms with E-state index in [2.05, 4.69) is 20.8 Å². The van der Waals surface area contributed by atoms with E-state index in [9.17, 15) is 14.7 Å². The number of carbonyl (C=O) groups excluding carboxylic acids is 1. The Bertz CT molecular complexity index is 801. The number of fused-ring (bicyclic) bond motifs is 5. The Morgan fingerprint density at radius 2 is 1.61 bits per heavy atom. The molecule has 0 aromatic heterocycles. The molecular formula is C31H52O7. The molecule has 7 nitrogen and oxygen atoms in total. The molecule has 7 heteroatoms. The Kier molecular flexibility index (Phi) is 10.2. The number of aliphatic carboxylic acids is 1. The van der Waals surface area contributed by atoms with Crippen molar-refractivity contribution < 1.29 is 33.6 Å². The summed E-state index contributed by atoms with van der Waals surface area (Å²) in [5.74, 6) is 3.20. The Morgan fingerprint density at radius 1 is 0.895 bits per heavy atom. The first-order chi connectivity index (χ1) is 18.2. The van der Waals surface area contributed by atoms with Crippen molar-refractivity contribution in [1.29, 1.82) is 0 Å². The number of esters is 1. The molecule has 0 heterocycles. The van der Waals surface area contributed by atoms with Gasteiger partial charge in [0.15, 0.2) is 0 Å². The lowest BCUT2D eigenvalue weighted by Gasteiger charge is -2.61. The van der Waals surface area contributed by atoms with Crippen molar-refractivity contribution in [3.8, 4) is 0 Å². The van der Waals surface area contributed by atoms with Crippen LogP contribution in [0.25, 0.3) is 0 Å². The fourth-order valence-corrected chi connectivity index (χ4v) is 9.59. The second-order valence-electron chi connectivity index (χ2n) is 13.3. The van der Waals surface area contributed by atoms with Crippen molar-refractivity contribution in [3.63, 3.8) is 0 Å². The largest absolute Gasteiger partial charge is 0.481 e. The van der Waals surface area contributed by atoms with Crippen LogP contribution in [0.4, 0.5) is 0 Å². The number of rotatable bonds is 13. The average Bonchev–Trinajstić information content (AvgIpc) is 3.24. The Labute approximate surface area is 229 Å². The van der Waals surface area contributed by atoms with Gasteiger partial charge in [0.05, 0.1) is 26.4 Å². The highest BCUT2D eigenvalue weighted by Gasteiger charge is 2.60. The van der Waals surface area contributed by atoms with Gasteiger partial charge in [0.2, 0.25) is 0 Å². The summed E-state index contributed by atoms with van der Waals surface area (Å²) in [5, 5.41) is 9.20. The molecule has 4 rings (SSSR count). The molecule has 0 saturated heterocycles. The molecule has 0 radical (unpaired) electrons. The molecular weight excluding hydrogens is 484 g/mol. The van der Waals surface area contributed by atoms with E-state index < -0.39 is 5.97 Å². The molecule has 4 aliphatic rings. The van der Waals surface area contributed by atoms with E-state index in [1.165, 1.54) is 38.5 Å². The molecule has 1 N–H and O–H groups in total. The smallest absolute Gasteiger partial charge is 0.332 e. The molecule has 0 bridgehead atoms. The lowest BCUT2D eigenvalue weighted by molar-refractivity contribution is -0.167. The van der Waals surface area contributed by atoms with Crippen LogP contribution >= 0.6 is 0 Å². The van der Waals surface area contributed by atoms with Crippen molar-refractivity contribution in [2.45, 2.75) is 97.5 Å². The van der Waals surface area contributed by atoms with Gasteiger partial charge in [0.1, 0.15) is 12.7 Å². The number of carboxylic acids is 1. The van der Waals surface area contributed by atoms with Gasteiger partial charge >= 0.3 is 11.9 Å². The molecule has 218 valence electrons. The second kappa shape index (κ2) is 13.0. The minimum Gasteiger partial charge on any atom is -0.481 e. The maximum atomic E-state index is 12.4. The zero-order valence-corrected chi connectivity index (χ0v) is 24.3. The summed E-state index contributed by atoms with van der Waals surface area (Å²) in [5.41, 5.74) is 0.708. The number of carbonyl (C=O) groups is 2. The van der Waals surface area contributed by atoms with Gasteiger partial charge in [-0.25, -0.2) is 4.79 Å². The topological polar surface area (TPSA) is 91.3 Å². The van der Waals surface area contributed by atoms with E-state index in [0.717, 1.165) is 43.4 Å². The summed E-state index contributed by atoms with van der Waals surface area (Å²) in [6, 6.07) is 0. The molecule has 4 aliphatic carbocycles. The maximum absolute atomic E-state index is 12.4. The normalized spacial score (nSPS) is 39.1. The Morgan fingerprint density at radius 3 is 2.37 bits per heavy atom. The van der Waals surface area contributed by atoms with Gasteiger partial charge in [-0.3, -0.25) is 4.79 Å². The molecule has 0 aromatic carbocycles. The lowest BCUT2D eigenvalue weighted by Crippen LogP contribution is -2.54. The van der Waals surface area contributed by atoms with E-state index in [-0.39, 0.29) is 18.7 Å². The molecule has 0 aliphatic heterocycles. The van der Waals surface area contributed by atoms with Crippen LogP contribution in [0.15, 0.2) is 0 Å². The van der Waals surface area contributed by atoms with Gasteiger partial charge in [-0.1, -0.05) is 20.8 Å². The molecule has 4 fully saturated rings.